The molecule has 230 valence electrons. The van der Waals surface area contributed by atoms with Gasteiger partial charge in [0.2, 0.25) is 11.8 Å². The summed E-state index contributed by atoms with van der Waals surface area (Å²) in [5.74, 6) is -5.49. The lowest BCUT2D eigenvalue weighted by atomic mass is 9.56. The zero-order chi connectivity index (χ0) is 31.7. The Balaban J connectivity index is 1.37. The molecule has 3 fully saturated rings. The summed E-state index contributed by atoms with van der Waals surface area (Å²) < 4.78 is 19.3. The van der Waals surface area contributed by atoms with Gasteiger partial charge in [-0.2, -0.15) is 0 Å². The van der Waals surface area contributed by atoms with Crippen LogP contribution in [-0.2, 0) is 19.2 Å². The Kier molecular flexibility index (Phi) is 7.11. The van der Waals surface area contributed by atoms with E-state index in [4.69, 9.17) is 33.0 Å². The summed E-state index contributed by atoms with van der Waals surface area (Å²) in [5, 5.41) is 9.16. The predicted octanol–water partition coefficient (Wildman–Crippen LogP) is 4.96. The van der Waals surface area contributed by atoms with Crippen LogP contribution in [0.1, 0.15) is 24.3 Å². The van der Waals surface area contributed by atoms with E-state index in [-0.39, 0.29) is 37.6 Å². The number of benzene rings is 3. The van der Waals surface area contributed by atoms with Crippen molar-refractivity contribution in [1.82, 2.24) is 0 Å². The van der Waals surface area contributed by atoms with Crippen molar-refractivity contribution < 1.29 is 33.4 Å². The number of halogens is 3. The molecule has 45 heavy (non-hydrogen) atoms. The second-order valence-corrected chi connectivity index (χ2v) is 13.0. The first-order valence-corrected chi connectivity index (χ1v) is 15.4. The van der Waals surface area contributed by atoms with Crippen molar-refractivity contribution in [2.75, 3.05) is 23.0 Å². The van der Waals surface area contributed by atoms with Crippen molar-refractivity contribution in [3.8, 4) is 5.75 Å². The molecule has 0 aromatic heterocycles. The first-order valence-electron chi connectivity index (χ1n) is 14.6. The number of para-hydroxylation sites is 1. The summed E-state index contributed by atoms with van der Waals surface area (Å²) in [6, 6.07) is 20.3. The molecule has 2 saturated heterocycles. The number of ether oxygens (including phenoxy) is 1. The number of rotatable bonds is 6. The first kappa shape index (κ1) is 29.6. The van der Waals surface area contributed by atoms with Crippen LogP contribution >= 0.6 is 23.2 Å². The number of carbonyl (C=O) groups is 4. The summed E-state index contributed by atoms with van der Waals surface area (Å²) in [7, 11) is 0. The van der Waals surface area contributed by atoms with E-state index < -0.39 is 57.0 Å². The fourth-order valence-corrected chi connectivity index (χ4v) is 8.46. The topological polar surface area (TPSA) is 104 Å². The van der Waals surface area contributed by atoms with Crippen LogP contribution in [0.25, 0.3) is 0 Å². The number of hydrogen-bond donors (Lipinski definition) is 1. The molecule has 1 N–H and O–H groups in total. The number of alkyl halides is 2. The van der Waals surface area contributed by atoms with E-state index >= 15 is 0 Å². The molecule has 1 saturated carbocycles. The van der Waals surface area contributed by atoms with Crippen LogP contribution in [-0.4, -0.2) is 51.7 Å². The Morgan fingerprint density at radius 3 is 2.16 bits per heavy atom. The molecule has 0 unspecified atom stereocenters. The van der Waals surface area contributed by atoms with E-state index in [1.54, 1.807) is 54.6 Å². The average Bonchev–Trinajstić information content (AvgIpc) is 3.39. The second kappa shape index (κ2) is 10.8. The van der Waals surface area contributed by atoms with Gasteiger partial charge in [0.25, 0.3) is 11.8 Å². The summed E-state index contributed by atoms with van der Waals surface area (Å²) >= 11 is 14.7. The van der Waals surface area contributed by atoms with Gasteiger partial charge in [-0.15, -0.1) is 23.2 Å². The highest BCUT2D eigenvalue weighted by Gasteiger charge is 2.76. The third-order valence-corrected chi connectivity index (χ3v) is 10.9. The van der Waals surface area contributed by atoms with Crippen molar-refractivity contribution >= 4 is 58.2 Å². The summed E-state index contributed by atoms with van der Waals surface area (Å²) in [4.78, 5) is 54.5. The van der Waals surface area contributed by atoms with E-state index in [0.29, 0.717) is 22.6 Å². The molecule has 2 aliphatic carbocycles. The normalized spacial score (nSPS) is 30.6. The second-order valence-electron chi connectivity index (χ2n) is 11.7. The number of aliphatic hydroxyl groups is 1. The standard InChI is InChI=1S/C34H27Cl2FN2O6/c35-33-18-26-24(14-15-25-27(26)30(42)38(29(25)41)21-4-2-1-3-5-21)28(19-6-12-23(13-7-19)45-17-16-40)34(33,36)32(44)39(31(33)43)22-10-8-20(37)9-11-22/h1-14,25-28,40H,15-18H2/t25-,26+,27-,28-,33+,34-/m0/s1. The minimum absolute atomic E-state index is 0.0803. The summed E-state index contributed by atoms with van der Waals surface area (Å²) in [5.41, 5.74) is 1.78. The van der Waals surface area contributed by atoms with Crippen LogP contribution in [0, 0.1) is 23.6 Å². The Hall–Kier alpha value is -4.05. The third kappa shape index (κ3) is 4.21. The number of fused-ring (bicyclic) bond motifs is 4. The fraction of sp³-hybridized carbons (Fsp3) is 0.294. The largest absolute Gasteiger partial charge is 0.491 e. The van der Waals surface area contributed by atoms with Gasteiger partial charge in [0, 0.05) is 5.92 Å². The zero-order valence-corrected chi connectivity index (χ0v) is 25.2. The Bertz CT molecular complexity index is 1750. The quantitative estimate of drug-likeness (QED) is 0.230. The maximum Gasteiger partial charge on any atom is 0.258 e. The van der Waals surface area contributed by atoms with Crippen molar-refractivity contribution in [3.63, 3.8) is 0 Å². The van der Waals surface area contributed by atoms with Gasteiger partial charge >= 0.3 is 0 Å². The van der Waals surface area contributed by atoms with Gasteiger partial charge in [0.15, 0.2) is 9.75 Å². The van der Waals surface area contributed by atoms with Crippen LogP contribution in [0.3, 0.4) is 0 Å². The van der Waals surface area contributed by atoms with Gasteiger partial charge in [-0.05, 0) is 72.9 Å². The van der Waals surface area contributed by atoms with Crippen molar-refractivity contribution in [2.24, 2.45) is 17.8 Å². The van der Waals surface area contributed by atoms with Crippen LogP contribution in [0.15, 0.2) is 90.5 Å². The number of hydrogen-bond acceptors (Lipinski definition) is 6. The van der Waals surface area contributed by atoms with Crippen LogP contribution in [0.4, 0.5) is 15.8 Å². The van der Waals surface area contributed by atoms with Crippen molar-refractivity contribution in [1.29, 1.82) is 0 Å². The highest BCUT2D eigenvalue weighted by Crippen LogP contribution is 2.65. The van der Waals surface area contributed by atoms with Crippen LogP contribution < -0.4 is 14.5 Å². The van der Waals surface area contributed by atoms with E-state index in [1.165, 1.54) is 17.0 Å². The lowest BCUT2D eigenvalue weighted by molar-refractivity contribution is -0.125. The lowest BCUT2D eigenvalue weighted by Gasteiger charge is -2.50. The molecule has 8 nitrogen and oxygen atoms in total. The predicted molar refractivity (Wildman–Crippen MR) is 165 cm³/mol. The van der Waals surface area contributed by atoms with Gasteiger partial charge in [-0.3, -0.25) is 24.1 Å². The van der Waals surface area contributed by atoms with Crippen molar-refractivity contribution in [3.05, 3.63) is 102 Å². The van der Waals surface area contributed by atoms with E-state index in [0.717, 1.165) is 17.0 Å². The fourth-order valence-electron chi connectivity index (χ4n) is 7.52. The molecule has 4 aliphatic rings. The average molecular weight is 650 g/mol. The zero-order valence-electron chi connectivity index (χ0n) is 23.7. The summed E-state index contributed by atoms with van der Waals surface area (Å²) in [6.07, 6.45) is 1.94. The molecule has 0 bridgehead atoms. The molecule has 6 atom stereocenters. The molecule has 3 aromatic carbocycles. The molecular weight excluding hydrogens is 622 g/mol. The Labute approximate surface area is 268 Å². The molecule has 4 amide bonds. The van der Waals surface area contributed by atoms with E-state index in [2.05, 4.69) is 0 Å². The molecule has 2 aliphatic heterocycles. The molecule has 3 aromatic rings. The molecular formula is C34H27Cl2FN2O6. The highest BCUT2D eigenvalue weighted by atomic mass is 35.5. The van der Waals surface area contributed by atoms with Crippen LogP contribution in [0.5, 0.6) is 5.75 Å². The first-order chi connectivity index (χ1) is 21.6. The smallest absolute Gasteiger partial charge is 0.258 e. The van der Waals surface area contributed by atoms with Crippen molar-refractivity contribution in [2.45, 2.75) is 28.5 Å². The maximum atomic E-state index is 14.4. The molecule has 0 radical (unpaired) electrons. The number of allylic oxidation sites excluding steroid dienone is 2. The highest BCUT2D eigenvalue weighted by molar-refractivity contribution is 6.58. The van der Waals surface area contributed by atoms with Gasteiger partial charge in [0.1, 0.15) is 18.2 Å². The number of imide groups is 2. The van der Waals surface area contributed by atoms with Gasteiger partial charge < -0.3 is 9.84 Å². The van der Waals surface area contributed by atoms with E-state index in [9.17, 15) is 23.6 Å². The monoisotopic (exact) mass is 648 g/mol. The number of aliphatic hydroxyl groups excluding tert-OH is 1. The third-order valence-electron chi connectivity index (χ3n) is 9.48. The van der Waals surface area contributed by atoms with Gasteiger partial charge in [-0.1, -0.05) is 42.0 Å². The molecule has 0 spiro atoms. The van der Waals surface area contributed by atoms with Crippen LogP contribution in [0.2, 0.25) is 0 Å². The number of amides is 4. The Morgan fingerprint density at radius 2 is 1.49 bits per heavy atom. The number of carbonyl (C=O) groups excluding carboxylic acids is 4. The van der Waals surface area contributed by atoms with Gasteiger partial charge in [0.05, 0.1) is 29.8 Å². The van der Waals surface area contributed by atoms with E-state index in [1.807, 2.05) is 6.08 Å². The van der Waals surface area contributed by atoms with Gasteiger partial charge in [-0.25, -0.2) is 9.29 Å². The SMILES string of the molecule is O=C1[C@H]2[C@H](CC=C3[C@H]2C[C@@]2(Cl)C(=O)N(c4ccc(F)cc4)C(=O)[C@@]2(Cl)[C@H]3c2ccc(OCCO)cc2)C(=O)N1c1ccccc1. The maximum absolute atomic E-state index is 14.4. The minimum Gasteiger partial charge on any atom is -0.491 e. The molecule has 2 heterocycles. The lowest BCUT2D eigenvalue weighted by Crippen LogP contribution is -2.60. The summed E-state index contributed by atoms with van der Waals surface area (Å²) in [6.45, 7) is -0.0966. The molecule has 11 heteroatoms. The number of nitrogens with zero attached hydrogens (tertiary/aromatic N) is 2. The Morgan fingerprint density at radius 1 is 0.822 bits per heavy atom. The minimum atomic E-state index is -2.02. The number of anilines is 2. The molecule has 7 rings (SSSR count).